The zero-order chi connectivity index (χ0) is 42.4. The van der Waals surface area contributed by atoms with Crippen LogP contribution in [-0.4, -0.2) is 69.7 Å². The standard InChI is InChI=1S/C48H36N2O11/c1-23-41(51)32-15-11-28(19-36(32)42(23)52)60-31-14-18-35-39(22-31)48(58)50(47(35)57)25-5-9-27(10-6-25)59-26-7-3-24(4-8-26)40-43(53)33-16-12-29(20-37(33)44(40)54)61-30-13-17-34-38(21-30)46(56)49(2)45(34)55/h3,5,7,9,12-23,28,34,38,40H,4,6,8,10-11H2,1-2H3. The van der Waals surface area contributed by atoms with E-state index in [-0.39, 0.29) is 51.6 Å². The van der Waals surface area contributed by atoms with Crippen molar-refractivity contribution < 1.29 is 52.6 Å². The molecule has 2 aromatic carbocycles. The molecule has 304 valence electrons. The second-order valence-electron chi connectivity index (χ2n) is 16.1. The van der Waals surface area contributed by atoms with E-state index in [0.29, 0.717) is 88.9 Å². The predicted molar refractivity (Wildman–Crippen MR) is 214 cm³/mol. The number of allylic oxidation sites excluding steroid dienone is 11. The number of fused-ring (bicyclic) bond motifs is 4. The normalized spacial score (nSPS) is 26.5. The summed E-state index contributed by atoms with van der Waals surface area (Å²) in [5.74, 6) is -3.02. The Hall–Kier alpha value is -7.28. The maximum atomic E-state index is 13.6. The van der Waals surface area contributed by atoms with Crippen LogP contribution in [0.4, 0.5) is 0 Å². The molecule has 0 N–H and O–H groups in total. The number of carbonyl (C=O) groups excluding carboxylic acids is 8. The zero-order valence-corrected chi connectivity index (χ0v) is 33.0. The summed E-state index contributed by atoms with van der Waals surface area (Å²) in [7, 11) is 1.45. The fraction of sp³-hybridized carbons (Fsp3) is 0.250. The molecule has 10 rings (SSSR count). The van der Waals surface area contributed by atoms with Gasteiger partial charge in [0.1, 0.15) is 40.8 Å². The largest absolute Gasteiger partial charge is 0.486 e. The van der Waals surface area contributed by atoms with Crippen LogP contribution < -0.4 is 9.47 Å². The molecule has 13 nitrogen and oxygen atoms in total. The van der Waals surface area contributed by atoms with Gasteiger partial charge in [0.25, 0.3) is 11.8 Å². The van der Waals surface area contributed by atoms with Crippen molar-refractivity contribution in [1.82, 2.24) is 9.80 Å². The lowest BCUT2D eigenvalue weighted by Gasteiger charge is -2.23. The van der Waals surface area contributed by atoms with E-state index in [1.165, 1.54) is 24.1 Å². The number of imide groups is 2. The number of Topliss-reactive ketones (excluding diaryl/α,β-unsaturated/α-hetero) is 4. The molecule has 5 atom stereocenters. The molecule has 6 aliphatic carbocycles. The topological polar surface area (TPSA) is 171 Å². The van der Waals surface area contributed by atoms with Gasteiger partial charge in [-0.2, -0.15) is 0 Å². The number of hydrogen-bond acceptors (Lipinski definition) is 11. The minimum atomic E-state index is -0.958. The lowest BCUT2D eigenvalue weighted by atomic mass is 9.88. The van der Waals surface area contributed by atoms with Crippen molar-refractivity contribution in [2.75, 3.05) is 7.05 Å². The van der Waals surface area contributed by atoms with E-state index < -0.39 is 41.6 Å². The van der Waals surface area contributed by atoms with Gasteiger partial charge in [0, 0.05) is 54.3 Å². The molecule has 5 unspecified atom stereocenters. The van der Waals surface area contributed by atoms with E-state index >= 15 is 0 Å². The van der Waals surface area contributed by atoms with Crippen LogP contribution >= 0.6 is 0 Å². The minimum Gasteiger partial charge on any atom is -0.486 e. The monoisotopic (exact) mass is 816 g/mol. The van der Waals surface area contributed by atoms with Crippen molar-refractivity contribution in [3.63, 3.8) is 0 Å². The zero-order valence-electron chi connectivity index (χ0n) is 33.0. The number of nitrogens with zero attached hydrogens (tertiary/aromatic N) is 2. The summed E-state index contributed by atoms with van der Waals surface area (Å²) in [6, 6.07) is 9.43. The molecule has 1 saturated heterocycles. The Labute approximate surface area is 348 Å². The van der Waals surface area contributed by atoms with E-state index in [0.717, 1.165) is 4.90 Å². The summed E-state index contributed by atoms with van der Waals surface area (Å²) in [4.78, 5) is 106. The first-order valence-electron chi connectivity index (χ1n) is 20.2. The quantitative estimate of drug-likeness (QED) is 0.226. The van der Waals surface area contributed by atoms with Gasteiger partial charge in [0.05, 0.1) is 28.9 Å². The fourth-order valence-corrected chi connectivity index (χ4v) is 9.19. The van der Waals surface area contributed by atoms with Gasteiger partial charge in [-0.3, -0.25) is 43.3 Å². The number of benzene rings is 2. The van der Waals surface area contributed by atoms with Crippen LogP contribution in [-0.2, 0) is 23.9 Å². The van der Waals surface area contributed by atoms with Crippen LogP contribution in [0.15, 0.2) is 131 Å². The van der Waals surface area contributed by atoms with Crippen LogP contribution in [0, 0.1) is 23.7 Å². The Kier molecular flexibility index (Phi) is 8.82. The second-order valence-corrected chi connectivity index (χ2v) is 16.1. The smallest absolute Gasteiger partial charge is 0.266 e. The Morgan fingerprint density at radius 2 is 1.30 bits per heavy atom. The SMILES string of the molecule is CC1C(=O)C2=CCC(Oc3ccc4c(c3)C(=O)N(C3=CC=C(OC5=CC=C(C6C(=O)c7ccc(OC8=CC9C(=O)N(C)C(=O)C9C=C8)cc7C6=O)CC5)CC3)C4=O)C=C2C1=O. The molecule has 8 aliphatic rings. The fourth-order valence-electron chi connectivity index (χ4n) is 9.19. The van der Waals surface area contributed by atoms with Gasteiger partial charge in [-0.05, 0) is 92.6 Å². The van der Waals surface area contributed by atoms with Crippen LogP contribution in [0.5, 0.6) is 11.5 Å². The number of likely N-dealkylation sites (tertiary alicyclic amines) is 1. The summed E-state index contributed by atoms with van der Waals surface area (Å²) >= 11 is 0. The maximum Gasteiger partial charge on any atom is 0.266 e. The molecule has 2 heterocycles. The molecule has 0 bridgehead atoms. The number of ether oxygens (including phenoxy) is 3. The van der Waals surface area contributed by atoms with Crippen LogP contribution in [0.3, 0.4) is 0 Å². The van der Waals surface area contributed by atoms with Gasteiger partial charge in [-0.15, -0.1) is 0 Å². The van der Waals surface area contributed by atoms with E-state index in [1.54, 1.807) is 85.9 Å². The molecule has 0 aromatic heterocycles. The van der Waals surface area contributed by atoms with Gasteiger partial charge >= 0.3 is 0 Å². The van der Waals surface area contributed by atoms with Crippen molar-refractivity contribution in [1.29, 1.82) is 0 Å². The summed E-state index contributed by atoms with van der Waals surface area (Å²) in [5.41, 5.74) is 3.04. The Bertz CT molecular complexity index is 2770. The number of ketones is 4. The average molecular weight is 817 g/mol. The molecule has 0 radical (unpaired) electrons. The molecule has 2 fully saturated rings. The van der Waals surface area contributed by atoms with Crippen molar-refractivity contribution >= 4 is 46.8 Å². The molecule has 1 saturated carbocycles. The summed E-state index contributed by atoms with van der Waals surface area (Å²) in [6.45, 7) is 1.60. The van der Waals surface area contributed by atoms with E-state index in [4.69, 9.17) is 14.2 Å². The van der Waals surface area contributed by atoms with Crippen molar-refractivity contribution in [3.05, 3.63) is 153 Å². The van der Waals surface area contributed by atoms with E-state index in [9.17, 15) is 38.4 Å². The highest BCUT2D eigenvalue weighted by Crippen LogP contribution is 2.40. The first-order chi connectivity index (χ1) is 29.4. The first kappa shape index (κ1) is 38.0. The molecular weight excluding hydrogens is 781 g/mol. The second kappa shape index (κ2) is 14.2. The Morgan fingerprint density at radius 3 is 2.05 bits per heavy atom. The van der Waals surface area contributed by atoms with Gasteiger partial charge in [0.15, 0.2) is 23.1 Å². The van der Waals surface area contributed by atoms with E-state index in [1.807, 2.05) is 0 Å². The minimum absolute atomic E-state index is 0.183. The van der Waals surface area contributed by atoms with Crippen LogP contribution in [0.2, 0.25) is 0 Å². The molecule has 0 spiro atoms. The highest BCUT2D eigenvalue weighted by Gasteiger charge is 2.46. The van der Waals surface area contributed by atoms with Gasteiger partial charge < -0.3 is 14.2 Å². The first-order valence-corrected chi connectivity index (χ1v) is 20.2. The third-order valence-electron chi connectivity index (χ3n) is 12.5. The molecule has 2 aromatic rings. The third kappa shape index (κ3) is 6.13. The van der Waals surface area contributed by atoms with Crippen molar-refractivity contribution in [3.8, 4) is 11.5 Å². The number of amides is 4. The number of rotatable bonds is 8. The predicted octanol–water partition coefficient (Wildman–Crippen LogP) is 6.02. The highest BCUT2D eigenvalue weighted by molar-refractivity contribution is 6.29. The van der Waals surface area contributed by atoms with Gasteiger partial charge in [-0.1, -0.05) is 23.8 Å². The summed E-state index contributed by atoms with van der Waals surface area (Å²) in [5, 5.41) is 0. The van der Waals surface area contributed by atoms with E-state index in [2.05, 4.69) is 0 Å². The molecule has 2 aliphatic heterocycles. The molecule has 4 amide bonds. The van der Waals surface area contributed by atoms with Gasteiger partial charge in [-0.25, -0.2) is 4.90 Å². The lowest BCUT2D eigenvalue weighted by Crippen LogP contribution is -2.29. The maximum absolute atomic E-state index is 13.6. The van der Waals surface area contributed by atoms with Crippen LogP contribution in [0.25, 0.3) is 0 Å². The van der Waals surface area contributed by atoms with Crippen molar-refractivity contribution in [2.45, 2.75) is 45.1 Å². The van der Waals surface area contributed by atoms with Crippen LogP contribution in [0.1, 0.15) is 80.5 Å². The average Bonchev–Trinajstić information content (AvgIpc) is 3.84. The highest BCUT2D eigenvalue weighted by atomic mass is 16.5. The Balaban J connectivity index is 0.774. The number of hydrogen-bond donors (Lipinski definition) is 0. The van der Waals surface area contributed by atoms with Gasteiger partial charge in [0.2, 0.25) is 11.8 Å². The summed E-state index contributed by atoms with van der Waals surface area (Å²) in [6.07, 6.45) is 16.7. The molecular formula is C48H36N2O11. The van der Waals surface area contributed by atoms with Crippen molar-refractivity contribution in [2.24, 2.45) is 23.7 Å². The molecule has 61 heavy (non-hydrogen) atoms. The lowest BCUT2D eigenvalue weighted by molar-refractivity contribution is -0.137. The summed E-state index contributed by atoms with van der Waals surface area (Å²) < 4.78 is 18.3. The third-order valence-corrected chi connectivity index (χ3v) is 12.5. The number of carbonyl (C=O) groups is 8. The molecule has 13 heteroatoms. The Morgan fingerprint density at radius 1 is 0.623 bits per heavy atom.